The first-order valence-electron chi connectivity index (χ1n) is 29.8. The van der Waals surface area contributed by atoms with Crippen molar-refractivity contribution < 1.29 is 37.0 Å². The van der Waals surface area contributed by atoms with E-state index in [1.165, 1.54) is 0 Å². The van der Waals surface area contributed by atoms with Gasteiger partial charge in [-0.3, -0.25) is 0 Å². The zero-order valence-electron chi connectivity index (χ0n) is 54.8. The van der Waals surface area contributed by atoms with E-state index in [0.29, 0.717) is 0 Å². The van der Waals surface area contributed by atoms with E-state index in [0.717, 1.165) is 47.4 Å². The zero-order chi connectivity index (χ0) is 60.1. The van der Waals surface area contributed by atoms with Crippen LogP contribution in [0.1, 0.15) is 37.0 Å². The van der Waals surface area contributed by atoms with Gasteiger partial charge in [0, 0.05) is 55.2 Å². The van der Waals surface area contributed by atoms with Crippen LogP contribution in [-0.4, -0.2) is 15.0 Å². The summed E-state index contributed by atoms with van der Waals surface area (Å²) in [5.41, 5.74) is -6.82. The average molecular weight is 730 g/mol. The summed E-state index contributed by atoms with van der Waals surface area (Å²) in [4.78, 5) is 14.3. The molecule has 0 aliphatic heterocycles. The Kier molecular flexibility index (Phi) is 3.72. The maximum Gasteiger partial charge on any atom is 0.160 e. The number of pyridine rings is 1. The number of rotatable bonds is 7. The molecule has 0 bridgehead atoms. The van der Waals surface area contributed by atoms with Crippen LogP contribution in [0, 0.1) is 0 Å². The molecule has 0 aliphatic carbocycles. The molecule has 55 heavy (non-hydrogen) atoms. The molecular weight excluding hydrogens is 669 g/mol. The summed E-state index contributed by atoms with van der Waals surface area (Å²) in [5.74, 6) is -0.772. The quantitative estimate of drug-likeness (QED) is 0.153. The summed E-state index contributed by atoms with van der Waals surface area (Å²) in [6.07, 6.45) is 0. The van der Waals surface area contributed by atoms with Crippen LogP contribution < -0.4 is 4.90 Å². The van der Waals surface area contributed by atoms with Gasteiger partial charge in [-0.25, -0.2) is 15.0 Å². The van der Waals surface area contributed by atoms with Gasteiger partial charge in [-0.15, -0.1) is 0 Å². The van der Waals surface area contributed by atoms with Crippen molar-refractivity contribution in [1.82, 2.24) is 15.0 Å². The Bertz CT molecular complexity index is 4570. The Labute approximate surface area is 357 Å². The standard InChI is InChI=1S/C51H34N4/c1-5-17-35(18-6-1)45-34-46(36-19-7-2-8-20-36)54-51(53-45)39-23-15-22-38(33-39)50-43-32-31-37-21-16-30-47(48(37)49(43)42-28-13-14-29-44(42)52-50)55(40-24-9-3-10-25-40)41-26-11-4-12-27-41/h1-34H/i1D,2D,3D,4D,5D,7D,9D,10D,11D,14D,15D,17D,18D,20D,21D,22D,23D,24D,26D,27D,28D,29D,30D,31D,32D,33D,34D. The Morgan fingerprint density at radius 1 is 0.418 bits per heavy atom. The molecule has 0 fully saturated rings. The van der Waals surface area contributed by atoms with Gasteiger partial charge in [-0.05, 0) is 53.7 Å². The number of fused-ring (bicyclic) bond motifs is 5. The molecule has 0 amide bonds. The molecule has 4 nitrogen and oxygen atoms in total. The second-order valence-electron chi connectivity index (χ2n) is 11.5. The number of benzene rings is 8. The highest BCUT2D eigenvalue weighted by molar-refractivity contribution is 6.26. The molecule has 0 unspecified atom stereocenters. The minimum absolute atomic E-state index is 0.307. The summed E-state index contributed by atoms with van der Waals surface area (Å²) in [6.45, 7) is 0. The molecular formula is C51H34N4. The highest BCUT2D eigenvalue weighted by Crippen LogP contribution is 2.45. The molecule has 0 spiro atoms. The van der Waals surface area contributed by atoms with Crippen molar-refractivity contribution in [2.24, 2.45) is 0 Å². The van der Waals surface area contributed by atoms with Gasteiger partial charge in [0.25, 0.3) is 0 Å². The van der Waals surface area contributed by atoms with Crippen molar-refractivity contribution in [1.29, 1.82) is 0 Å². The molecule has 0 radical (unpaired) electrons. The van der Waals surface area contributed by atoms with Crippen LogP contribution in [0.3, 0.4) is 0 Å². The van der Waals surface area contributed by atoms with Crippen LogP contribution in [0.15, 0.2) is 206 Å². The molecule has 0 atom stereocenters. The third kappa shape index (κ3) is 5.96. The van der Waals surface area contributed by atoms with E-state index in [-0.39, 0.29) is 5.56 Å². The second-order valence-corrected chi connectivity index (χ2v) is 11.5. The van der Waals surface area contributed by atoms with Crippen molar-refractivity contribution >= 4 is 49.5 Å². The smallest absolute Gasteiger partial charge is 0.160 e. The van der Waals surface area contributed by atoms with E-state index in [9.17, 15) is 15.1 Å². The lowest BCUT2D eigenvalue weighted by Crippen LogP contribution is -2.10. The first kappa shape index (κ1) is 14.8. The molecule has 10 rings (SSSR count). The van der Waals surface area contributed by atoms with Crippen LogP contribution in [-0.2, 0) is 0 Å². The van der Waals surface area contributed by atoms with Gasteiger partial charge in [0.1, 0.15) is 0 Å². The van der Waals surface area contributed by atoms with Gasteiger partial charge >= 0.3 is 0 Å². The van der Waals surface area contributed by atoms with Crippen LogP contribution in [0.2, 0.25) is 0 Å². The Balaban J connectivity index is 1.44. The molecule has 0 saturated heterocycles. The monoisotopic (exact) mass is 729 g/mol. The zero-order valence-corrected chi connectivity index (χ0v) is 27.8. The van der Waals surface area contributed by atoms with Gasteiger partial charge in [0.05, 0.1) is 65.3 Å². The summed E-state index contributed by atoms with van der Waals surface area (Å²) >= 11 is 0. The van der Waals surface area contributed by atoms with E-state index in [4.69, 9.17) is 21.9 Å². The maximum absolute atomic E-state index is 9.98. The predicted octanol–water partition coefficient (Wildman–Crippen LogP) is 13.5. The average Bonchev–Trinajstić information content (AvgIpc) is 1.34. The summed E-state index contributed by atoms with van der Waals surface area (Å²) in [7, 11) is 0. The SMILES string of the molecule is [2H]c1cc([2H])c(-c2nc(-c3c([2H])c([2H])c([2H])c(-c4nc5c([2H])c([2H])cc([2H])c5c5c4c([2H])c([2H])c4c([2H])cc([2H])c(N(c6cc([2H])c([2H])c([2H])c6[2H])c6c([2H])cc([2H])c([2H])c6[2H])c45)c3[2H])nc(-c3c([2H])cc([2H])c([2H])c3[2H])c2[2H])cc1[2H]. The Morgan fingerprint density at radius 2 is 1.16 bits per heavy atom. The van der Waals surface area contributed by atoms with E-state index < -0.39 is 252 Å². The number of aromatic nitrogens is 3. The fourth-order valence-corrected chi connectivity index (χ4v) is 5.99. The van der Waals surface area contributed by atoms with Crippen LogP contribution in [0.4, 0.5) is 17.1 Å². The highest BCUT2D eigenvalue weighted by Gasteiger charge is 2.20. The highest BCUT2D eigenvalue weighted by atomic mass is 15.1. The third-order valence-electron chi connectivity index (χ3n) is 8.31. The number of hydrogen-bond donors (Lipinski definition) is 0. The number of para-hydroxylation sites is 3. The normalized spacial score (nSPS) is 18.1. The number of nitrogens with zero attached hydrogens (tertiary/aromatic N) is 4. The molecule has 2 heterocycles. The second kappa shape index (κ2) is 13.8. The van der Waals surface area contributed by atoms with Crippen LogP contribution in [0.25, 0.3) is 77.6 Å². The van der Waals surface area contributed by atoms with Gasteiger partial charge in [-0.2, -0.15) is 0 Å². The molecule has 0 saturated carbocycles. The van der Waals surface area contributed by atoms with Crippen molar-refractivity contribution in [2.75, 3.05) is 4.90 Å². The molecule has 0 N–H and O–H groups in total. The minimum Gasteiger partial charge on any atom is -0.310 e. The predicted molar refractivity (Wildman–Crippen MR) is 229 cm³/mol. The molecule has 4 heteroatoms. The van der Waals surface area contributed by atoms with Crippen molar-refractivity contribution in [2.45, 2.75) is 0 Å². The van der Waals surface area contributed by atoms with Crippen molar-refractivity contribution in [3.8, 4) is 45.2 Å². The largest absolute Gasteiger partial charge is 0.310 e. The summed E-state index contributed by atoms with van der Waals surface area (Å²) in [5, 5.41) is -2.62. The van der Waals surface area contributed by atoms with E-state index in [1.54, 1.807) is 0 Å². The molecule has 8 aromatic carbocycles. The van der Waals surface area contributed by atoms with Gasteiger partial charge in [-0.1, -0.05) is 157 Å². The number of hydrogen-bond acceptors (Lipinski definition) is 4. The van der Waals surface area contributed by atoms with Gasteiger partial charge in [0.15, 0.2) is 5.82 Å². The lowest BCUT2D eigenvalue weighted by molar-refractivity contribution is 1.18. The van der Waals surface area contributed by atoms with Crippen LogP contribution in [0.5, 0.6) is 0 Å². The fourth-order valence-electron chi connectivity index (χ4n) is 5.99. The molecule has 258 valence electrons. The van der Waals surface area contributed by atoms with Gasteiger partial charge in [0.2, 0.25) is 0 Å². The number of anilines is 3. The van der Waals surface area contributed by atoms with E-state index in [1.807, 2.05) is 0 Å². The Hall–Kier alpha value is -7.43. The summed E-state index contributed by atoms with van der Waals surface area (Å²) < 4.78 is 243. The molecule has 0 aliphatic rings. The molecule has 10 aromatic rings. The van der Waals surface area contributed by atoms with Crippen molar-refractivity contribution in [3.05, 3.63) is 206 Å². The minimum atomic E-state index is -1.01. The fraction of sp³-hybridized carbons (Fsp3) is 0. The first-order chi connectivity index (χ1) is 38.4. The van der Waals surface area contributed by atoms with Crippen molar-refractivity contribution in [3.63, 3.8) is 0 Å². The van der Waals surface area contributed by atoms with Crippen LogP contribution >= 0.6 is 0 Å². The van der Waals surface area contributed by atoms with E-state index in [2.05, 4.69) is 15.0 Å². The van der Waals surface area contributed by atoms with E-state index >= 15 is 0 Å². The summed E-state index contributed by atoms with van der Waals surface area (Å²) in [6, 6.07) is -13.5. The van der Waals surface area contributed by atoms with Gasteiger partial charge < -0.3 is 4.90 Å². The molecule has 2 aromatic heterocycles. The maximum atomic E-state index is 9.98. The lowest BCUT2D eigenvalue weighted by atomic mass is 9.93. The lowest BCUT2D eigenvalue weighted by Gasteiger charge is -2.27. The topological polar surface area (TPSA) is 41.9 Å². The Morgan fingerprint density at radius 3 is 2.11 bits per heavy atom. The third-order valence-corrected chi connectivity index (χ3v) is 8.31. The first-order valence-corrected chi connectivity index (χ1v) is 16.3.